The molecule has 0 spiro atoms. The van der Waals surface area contributed by atoms with Gasteiger partial charge in [-0.15, -0.1) is 0 Å². The molecule has 150 valence electrons. The van der Waals surface area contributed by atoms with Crippen molar-refractivity contribution < 1.29 is 19.4 Å². The number of methoxy groups -OCH3 is 1. The Kier molecular flexibility index (Phi) is 4.13. The molecule has 30 heavy (non-hydrogen) atoms. The number of carbonyl (C=O) groups excluding carboxylic acids is 1. The van der Waals surface area contributed by atoms with Crippen molar-refractivity contribution in [1.82, 2.24) is 4.90 Å². The number of fused-ring (bicyclic) bond motifs is 4. The average molecular weight is 399 g/mol. The van der Waals surface area contributed by atoms with Crippen LogP contribution in [0.25, 0.3) is 11.1 Å². The molecule has 2 aliphatic rings. The zero-order chi connectivity index (χ0) is 20.9. The number of carbonyl (C=O) groups is 2. The molecule has 5 rings (SSSR count). The van der Waals surface area contributed by atoms with E-state index in [1.807, 2.05) is 72.8 Å². The van der Waals surface area contributed by atoms with Crippen molar-refractivity contribution in [2.24, 2.45) is 0 Å². The number of hydrogen-bond acceptors (Lipinski definition) is 3. The minimum Gasteiger partial charge on any atom is -0.479 e. The zero-order valence-electron chi connectivity index (χ0n) is 16.5. The lowest BCUT2D eigenvalue weighted by Gasteiger charge is -2.41. The Morgan fingerprint density at radius 1 is 0.867 bits per heavy atom. The Hall–Kier alpha value is -3.60. The molecule has 1 amide bonds. The van der Waals surface area contributed by atoms with Crippen LogP contribution in [0.1, 0.15) is 28.3 Å². The molecule has 0 atom stereocenters. The zero-order valence-corrected chi connectivity index (χ0v) is 16.5. The van der Waals surface area contributed by atoms with E-state index in [4.69, 9.17) is 4.74 Å². The van der Waals surface area contributed by atoms with Gasteiger partial charge in [-0.25, -0.2) is 9.59 Å². The van der Waals surface area contributed by atoms with Gasteiger partial charge in [-0.05, 0) is 33.4 Å². The molecule has 2 aliphatic carbocycles. The van der Waals surface area contributed by atoms with Crippen LogP contribution < -0.4 is 0 Å². The lowest BCUT2D eigenvalue weighted by molar-refractivity contribution is -0.151. The summed E-state index contributed by atoms with van der Waals surface area (Å²) in [7, 11) is 1.31. The Balaban J connectivity index is 1.74. The SMILES string of the molecule is COC(=O)N(C1c2ccccc2-c2ccccc21)C1(C(=O)O)Cc2ccccc2C1. The molecular weight excluding hydrogens is 378 g/mol. The largest absolute Gasteiger partial charge is 0.479 e. The quantitative estimate of drug-likeness (QED) is 0.707. The number of nitrogens with zero attached hydrogens (tertiary/aromatic N) is 1. The smallest absolute Gasteiger partial charge is 0.411 e. The number of carboxylic acid groups (broad SMARTS) is 1. The van der Waals surface area contributed by atoms with Gasteiger partial charge in [0.1, 0.15) is 0 Å². The van der Waals surface area contributed by atoms with Gasteiger partial charge in [-0.2, -0.15) is 0 Å². The number of carboxylic acids is 1. The molecule has 0 bridgehead atoms. The summed E-state index contributed by atoms with van der Waals surface area (Å²) in [5, 5.41) is 10.5. The number of aliphatic carboxylic acids is 1. The minimum absolute atomic E-state index is 0.244. The van der Waals surface area contributed by atoms with Gasteiger partial charge in [0.2, 0.25) is 0 Å². The van der Waals surface area contributed by atoms with Gasteiger partial charge in [-0.3, -0.25) is 4.90 Å². The molecule has 0 saturated carbocycles. The van der Waals surface area contributed by atoms with Gasteiger partial charge in [0.05, 0.1) is 13.2 Å². The van der Waals surface area contributed by atoms with Crippen LogP contribution in [-0.2, 0) is 22.4 Å². The van der Waals surface area contributed by atoms with E-state index in [-0.39, 0.29) is 12.8 Å². The van der Waals surface area contributed by atoms with Crippen LogP contribution in [0.5, 0.6) is 0 Å². The van der Waals surface area contributed by atoms with Crippen LogP contribution in [0.3, 0.4) is 0 Å². The summed E-state index contributed by atoms with van der Waals surface area (Å²) in [6.45, 7) is 0. The fraction of sp³-hybridized carbons (Fsp3) is 0.200. The first-order valence-electron chi connectivity index (χ1n) is 9.92. The molecule has 0 aromatic heterocycles. The average Bonchev–Trinajstić information content (AvgIpc) is 3.32. The Bertz CT molecular complexity index is 1100. The third-order valence-corrected chi connectivity index (χ3v) is 6.37. The van der Waals surface area contributed by atoms with Gasteiger partial charge < -0.3 is 9.84 Å². The summed E-state index contributed by atoms with van der Waals surface area (Å²) < 4.78 is 5.16. The molecule has 1 N–H and O–H groups in total. The maximum atomic E-state index is 13.2. The molecule has 0 unspecified atom stereocenters. The highest BCUT2D eigenvalue weighted by molar-refractivity contribution is 5.89. The van der Waals surface area contributed by atoms with Gasteiger partial charge in [0.25, 0.3) is 0 Å². The molecule has 5 nitrogen and oxygen atoms in total. The highest BCUT2D eigenvalue weighted by atomic mass is 16.5. The summed E-state index contributed by atoms with van der Waals surface area (Å²) in [5.74, 6) is -1.02. The molecule has 0 saturated heterocycles. The predicted octanol–water partition coefficient (Wildman–Crippen LogP) is 4.45. The minimum atomic E-state index is -1.42. The molecule has 5 heteroatoms. The van der Waals surface area contributed by atoms with E-state index in [0.29, 0.717) is 0 Å². The Morgan fingerprint density at radius 3 is 1.80 bits per heavy atom. The predicted molar refractivity (Wildman–Crippen MR) is 112 cm³/mol. The van der Waals surface area contributed by atoms with E-state index in [9.17, 15) is 14.7 Å². The first-order chi connectivity index (χ1) is 14.6. The first-order valence-corrected chi connectivity index (χ1v) is 9.92. The van der Waals surface area contributed by atoms with Crippen molar-refractivity contribution in [2.45, 2.75) is 24.4 Å². The maximum absolute atomic E-state index is 13.2. The normalized spacial score (nSPS) is 15.8. The highest BCUT2D eigenvalue weighted by Gasteiger charge is 2.55. The number of hydrogen-bond donors (Lipinski definition) is 1. The lowest BCUT2D eigenvalue weighted by atomic mass is 9.89. The summed E-state index contributed by atoms with van der Waals surface area (Å²) in [6.07, 6.45) is -0.148. The van der Waals surface area contributed by atoms with Crippen LogP contribution in [-0.4, -0.2) is 34.7 Å². The van der Waals surface area contributed by atoms with Crippen LogP contribution in [0, 0.1) is 0 Å². The summed E-state index contributed by atoms with van der Waals surface area (Å²) >= 11 is 0. The highest BCUT2D eigenvalue weighted by Crippen LogP contribution is 2.50. The molecule has 3 aromatic carbocycles. The Morgan fingerprint density at radius 2 is 1.33 bits per heavy atom. The van der Waals surface area contributed by atoms with Crippen LogP contribution in [0.2, 0.25) is 0 Å². The second kappa shape index (κ2) is 6.73. The fourth-order valence-electron chi connectivity index (χ4n) is 5.05. The van der Waals surface area contributed by atoms with Crippen molar-refractivity contribution in [3.63, 3.8) is 0 Å². The fourth-order valence-corrected chi connectivity index (χ4v) is 5.05. The van der Waals surface area contributed by atoms with Crippen molar-refractivity contribution in [2.75, 3.05) is 7.11 Å². The number of rotatable bonds is 3. The first kappa shape index (κ1) is 18.4. The molecule has 0 fully saturated rings. The van der Waals surface area contributed by atoms with E-state index < -0.39 is 23.6 Å². The molecule has 0 radical (unpaired) electrons. The van der Waals surface area contributed by atoms with Crippen LogP contribution in [0.4, 0.5) is 4.79 Å². The van der Waals surface area contributed by atoms with E-state index in [1.54, 1.807) is 0 Å². The Labute approximate surface area is 174 Å². The third kappa shape index (κ3) is 2.48. The molecular formula is C25H21NO4. The third-order valence-electron chi connectivity index (χ3n) is 6.37. The number of amides is 1. The number of ether oxygens (including phenoxy) is 1. The van der Waals surface area contributed by atoms with E-state index in [1.165, 1.54) is 12.0 Å². The molecule has 3 aromatic rings. The van der Waals surface area contributed by atoms with Crippen molar-refractivity contribution in [3.8, 4) is 11.1 Å². The van der Waals surface area contributed by atoms with Gasteiger partial charge in [-0.1, -0.05) is 72.8 Å². The summed E-state index contributed by atoms with van der Waals surface area (Å²) in [5.41, 5.74) is 4.35. The monoisotopic (exact) mass is 399 g/mol. The topological polar surface area (TPSA) is 66.8 Å². The standard InChI is InChI=1S/C25H21NO4/c1-30-24(29)26(25(23(27)28)14-16-8-2-3-9-17(16)15-25)22-20-12-6-4-10-18(20)19-11-5-7-13-21(19)22/h2-13,22H,14-15H2,1H3,(H,27,28). The maximum Gasteiger partial charge on any atom is 0.411 e. The lowest BCUT2D eigenvalue weighted by Crippen LogP contribution is -2.59. The number of benzene rings is 3. The van der Waals surface area contributed by atoms with Crippen molar-refractivity contribution in [1.29, 1.82) is 0 Å². The van der Waals surface area contributed by atoms with Crippen molar-refractivity contribution in [3.05, 3.63) is 95.1 Å². The van der Waals surface area contributed by atoms with Gasteiger partial charge >= 0.3 is 12.1 Å². The summed E-state index contributed by atoms with van der Waals surface area (Å²) in [6, 6.07) is 22.9. The second-order valence-electron chi connectivity index (χ2n) is 7.88. The molecule has 0 aliphatic heterocycles. The van der Waals surface area contributed by atoms with E-state index in [2.05, 4.69) is 0 Å². The van der Waals surface area contributed by atoms with E-state index in [0.717, 1.165) is 33.4 Å². The summed E-state index contributed by atoms with van der Waals surface area (Å²) in [4.78, 5) is 27.5. The van der Waals surface area contributed by atoms with Gasteiger partial charge in [0, 0.05) is 12.8 Å². The van der Waals surface area contributed by atoms with Crippen LogP contribution in [0.15, 0.2) is 72.8 Å². The molecule has 0 heterocycles. The van der Waals surface area contributed by atoms with Crippen LogP contribution >= 0.6 is 0 Å². The second-order valence-corrected chi connectivity index (χ2v) is 7.88. The van der Waals surface area contributed by atoms with Crippen molar-refractivity contribution >= 4 is 12.1 Å². The van der Waals surface area contributed by atoms with Gasteiger partial charge in [0.15, 0.2) is 5.54 Å². The van der Waals surface area contributed by atoms with E-state index >= 15 is 0 Å².